The Balaban J connectivity index is 1.85. The quantitative estimate of drug-likeness (QED) is 0.437. The molecule has 4 aromatic heterocycles. The Morgan fingerprint density at radius 3 is 1.52 bits per heavy atom. The Morgan fingerprint density at radius 1 is 0.645 bits per heavy atom. The molecule has 0 amide bonds. The largest absolute Gasteiger partial charge is 0.276 e. The molecule has 0 aliphatic rings. The Labute approximate surface area is 183 Å². The van der Waals surface area contributed by atoms with Crippen LogP contribution in [0.5, 0.6) is 0 Å². The molecule has 4 rings (SSSR count). The number of rotatable bonds is 7. The molecular weight excluding hydrogens is 382 g/mol. The second-order valence-electron chi connectivity index (χ2n) is 7.90. The van der Waals surface area contributed by atoms with Crippen molar-refractivity contribution in [1.29, 1.82) is 0 Å². The van der Waals surface area contributed by atoms with E-state index in [4.69, 9.17) is 19.9 Å². The average molecular weight is 410 g/mol. The lowest BCUT2D eigenvalue weighted by Crippen LogP contribution is -2.45. The molecule has 0 aliphatic heterocycles. The molecular formula is C26H27N5. The molecule has 0 saturated heterocycles. The lowest BCUT2D eigenvalue weighted by atomic mass is 9.89. The van der Waals surface area contributed by atoms with E-state index in [1.54, 1.807) is 0 Å². The third-order valence-corrected chi connectivity index (χ3v) is 5.56. The Bertz CT molecular complexity index is 1040. The normalized spacial score (nSPS) is 11.6. The first-order chi connectivity index (χ1) is 15.1. The van der Waals surface area contributed by atoms with Crippen LogP contribution in [0.25, 0.3) is 0 Å². The summed E-state index contributed by atoms with van der Waals surface area (Å²) in [5.74, 6) is 0. The molecule has 0 saturated carbocycles. The van der Waals surface area contributed by atoms with Crippen LogP contribution in [-0.4, -0.2) is 24.8 Å². The summed E-state index contributed by atoms with van der Waals surface area (Å²) in [6, 6.07) is 24.4. The number of nitrogens with zero attached hydrogens (tertiary/aromatic N) is 5. The molecule has 0 atom stereocenters. The lowest BCUT2D eigenvalue weighted by Gasteiger charge is -2.40. The van der Waals surface area contributed by atoms with Gasteiger partial charge in [0.25, 0.3) is 0 Å². The van der Waals surface area contributed by atoms with E-state index in [1.165, 1.54) is 0 Å². The molecule has 0 spiro atoms. The molecule has 4 aromatic rings. The van der Waals surface area contributed by atoms with Crippen molar-refractivity contribution >= 4 is 0 Å². The van der Waals surface area contributed by atoms with Crippen LogP contribution in [0.15, 0.2) is 85.2 Å². The standard InChI is InChI=1S/C26H27N5/c1-20-10-8-12-22(29-20)18-31(19-23-13-9-11-21(2)30-23)26(3,24-14-4-6-16-27-24)25-15-5-7-17-28-25/h4-17H,18-19H2,1-3H3. The van der Waals surface area contributed by atoms with Crippen molar-refractivity contribution in [3.05, 3.63) is 119 Å². The van der Waals surface area contributed by atoms with Crippen molar-refractivity contribution in [1.82, 2.24) is 24.8 Å². The van der Waals surface area contributed by atoms with Crippen molar-refractivity contribution < 1.29 is 0 Å². The lowest BCUT2D eigenvalue weighted by molar-refractivity contribution is 0.108. The highest BCUT2D eigenvalue weighted by atomic mass is 15.2. The number of hydrogen-bond donors (Lipinski definition) is 0. The van der Waals surface area contributed by atoms with Gasteiger partial charge in [0.2, 0.25) is 0 Å². The molecule has 0 unspecified atom stereocenters. The van der Waals surface area contributed by atoms with Gasteiger partial charge < -0.3 is 0 Å². The maximum absolute atomic E-state index is 4.77. The zero-order valence-electron chi connectivity index (χ0n) is 18.2. The van der Waals surface area contributed by atoms with Gasteiger partial charge in [-0.25, -0.2) is 0 Å². The molecule has 5 heteroatoms. The van der Waals surface area contributed by atoms with Crippen LogP contribution in [0.1, 0.15) is 41.1 Å². The van der Waals surface area contributed by atoms with Crippen molar-refractivity contribution in [3.63, 3.8) is 0 Å². The van der Waals surface area contributed by atoms with E-state index in [9.17, 15) is 0 Å². The fourth-order valence-corrected chi connectivity index (χ4v) is 3.89. The second kappa shape index (κ2) is 9.14. The molecule has 0 bridgehead atoms. The molecule has 0 N–H and O–H groups in total. The van der Waals surface area contributed by atoms with Gasteiger partial charge in [-0.1, -0.05) is 24.3 Å². The summed E-state index contributed by atoms with van der Waals surface area (Å²) in [4.78, 5) is 21.4. The van der Waals surface area contributed by atoms with Crippen LogP contribution >= 0.6 is 0 Å². The molecule has 5 nitrogen and oxygen atoms in total. The van der Waals surface area contributed by atoms with E-state index in [0.29, 0.717) is 13.1 Å². The Hall–Kier alpha value is -3.44. The molecule has 4 heterocycles. The van der Waals surface area contributed by atoms with Gasteiger partial charge in [-0.2, -0.15) is 0 Å². The van der Waals surface area contributed by atoms with E-state index in [1.807, 2.05) is 62.6 Å². The summed E-state index contributed by atoms with van der Waals surface area (Å²) < 4.78 is 0. The highest BCUT2D eigenvalue weighted by Crippen LogP contribution is 2.35. The Kier molecular flexibility index (Phi) is 6.14. The van der Waals surface area contributed by atoms with E-state index in [0.717, 1.165) is 34.2 Å². The number of aromatic nitrogens is 4. The molecule has 156 valence electrons. The van der Waals surface area contributed by atoms with Crippen LogP contribution in [0.3, 0.4) is 0 Å². The molecule has 0 radical (unpaired) electrons. The van der Waals surface area contributed by atoms with Crippen LogP contribution in [0.4, 0.5) is 0 Å². The van der Waals surface area contributed by atoms with Crippen LogP contribution in [0, 0.1) is 13.8 Å². The van der Waals surface area contributed by atoms with E-state index >= 15 is 0 Å². The third-order valence-electron chi connectivity index (χ3n) is 5.56. The maximum Gasteiger partial charge on any atom is 0.104 e. The van der Waals surface area contributed by atoms with Crippen LogP contribution in [-0.2, 0) is 18.6 Å². The third kappa shape index (κ3) is 4.67. The smallest absolute Gasteiger partial charge is 0.104 e. The van der Waals surface area contributed by atoms with Gasteiger partial charge in [0.05, 0.1) is 22.8 Å². The van der Waals surface area contributed by atoms with Gasteiger partial charge >= 0.3 is 0 Å². The highest BCUT2D eigenvalue weighted by molar-refractivity contribution is 5.30. The van der Waals surface area contributed by atoms with Crippen molar-refractivity contribution in [2.75, 3.05) is 0 Å². The summed E-state index contributed by atoms with van der Waals surface area (Å²) in [6.07, 6.45) is 3.68. The summed E-state index contributed by atoms with van der Waals surface area (Å²) in [5.41, 5.74) is 5.32. The molecule has 31 heavy (non-hydrogen) atoms. The average Bonchev–Trinajstić information content (AvgIpc) is 2.79. The molecule has 0 fully saturated rings. The maximum atomic E-state index is 4.77. The van der Waals surface area contributed by atoms with Crippen molar-refractivity contribution in [2.45, 2.75) is 39.4 Å². The van der Waals surface area contributed by atoms with Gasteiger partial charge in [0, 0.05) is 36.9 Å². The fourth-order valence-electron chi connectivity index (χ4n) is 3.89. The van der Waals surface area contributed by atoms with Gasteiger partial charge in [-0.3, -0.25) is 24.8 Å². The predicted molar refractivity (Wildman–Crippen MR) is 122 cm³/mol. The summed E-state index contributed by atoms with van der Waals surface area (Å²) in [7, 11) is 0. The van der Waals surface area contributed by atoms with Crippen LogP contribution in [0.2, 0.25) is 0 Å². The minimum absolute atomic E-state index is 0.570. The number of hydrogen-bond acceptors (Lipinski definition) is 5. The minimum atomic E-state index is -0.570. The predicted octanol–water partition coefficient (Wildman–Crippen LogP) is 4.85. The first-order valence-electron chi connectivity index (χ1n) is 10.5. The number of pyridine rings is 4. The molecule has 0 aliphatic carbocycles. The first-order valence-corrected chi connectivity index (χ1v) is 10.5. The first kappa shape index (κ1) is 20.8. The van der Waals surface area contributed by atoms with Gasteiger partial charge in [0.1, 0.15) is 5.54 Å². The van der Waals surface area contributed by atoms with Gasteiger partial charge in [-0.05, 0) is 69.3 Å². The van der Waals surface area contributed by atoms with Gasteiger partial charge in [-0.15, -0.1) is 0 Å². The van der Waals surface area contributed by atoms with Gasteiger partial charge in [0.15, 0.2) is 0 Å². The van der Waals surface area contributed by atoms with Crippen molar-refractivity contribution in [3.8, 4) is 0 Å². The summed E-state index contributed by atoms with van der Waals surface area (Å²) in [5, 5.41) is 0. The second-order valence-corrected chi connectivity index (χ2v) is 7.90. The van der Waals surface area contributed by atoms with E-state index in [2.05, 4.69) is 48.2 Å². The fraction of sp³-hybridized carbons (Fsp3) is 0.231. The summed E-state index contributed by atoms with van der Waals surface area (Å²) >= 11 is 0. The highest BCUT2D eigenvalue weighted by Gasteiger charge is 2.38. The SMILES string of the molecule is Cc1cccc(CN(Cc2cccc(C)n2)C(C)(c2ccccn2)c2ccccn2)n1. The monoisotopic (exact) mass is 409 g/mol. The van der Waals surface area contributed by atoms with E-state index in [-0.39, 0.29) is 0 Å². The Morgan fingerprint density at radius 2 is 1.13 bits per heavy atom. The molecule has 0 aromatic carbocycles. The number of aryl methyl sites for hydroxylation is 2. The zero-order valence-corrected chi connectivity index (χ0v) is 18.2. The van der Waals surface area contributed by atoms with Crippen LogP contribution < -0.4 is 0 Å². The minimum Gasteiger partial charge on any atom is -0.276 e. The van der Waals surface area contributed by atoms with E-state index < -0.39 is 5.54 Å². The zero-order chi connectivity index (χ0) is 21.7. The summed E-state index contributed by atoms with van der Waals surface area (Å²) in [6.45, 7) is 7.50. The topological polar surface area (TPSA) is 54.8 Å². The van der Waals surface area contributed by atoms with Crippen molar-refractivity contribution in [2.24, 2.45) is 0 Å².